The highest BCUT2D eigenvalue weighted by Crippen LogP contribution is 2.12. The van der Waals surface area contributed by atoms with Crippen molar-refractivity contribution >= 4 is 11.7 Å². The van der Waals surface area contributed by atoms with Crippen LogP contribution in [0.15, 0.2) is 18.5 Å². The standard InChI is InChI=1S/C9H9N5O2/c1-5-6(10)4-12-14(5)9-11-3-2-7(13-9)8(15)16/h2-4H,10H2,1H3,(H,15,16). The van der Waals surface area contributed by atoms with Gasteiger partial charge in [-0.1, -0.05) is 0 Å². The van der Waals surface area contributed by atoms with E-state index in [4.69, 9.17) is 10.8 Å². The Hall–Kier alpha value is -2.44. The van der Waals surface area contributed by atoms with Gasteiger partial charge in [0.15, 0.2) is 5.69 Å². The number of hydrogen-bond acceptors (Lipinski definition) is 5. The molecule has 0 saturated heterocycles. The number of carboxylic acid groups (broad SMARTS) is 1. The first-order valence-electron chi connectivity index (χ1n) is 4.46. The number of anilines is 1. The van der Waals surface area contributed by atoms with Gasteiger partial charge in [-0.2, -0.15) is 5.10 Å². The molecule has 0 aliphatic rings. The van der Waals surface area contributed by atoms with Crippen LogP contribution in [-0.4, -0.2) is 30.8 Å². The summed E-state index contributed by atoms with van der Waals surface area (Å²) in [5, 5.41) is 12.7. The van der Waals surface area contributed by atoms with Gasteiger partial charge in [0.25, 0.3) is 5.95 Å². The lowest BCUT2D eigenvalue weighted by molar-refractivity contribution is 0.0690. The normalized spacial score (nSPS) is 10.3. The van der Waals surface area contributed by atoms with Crippen LogP contribution in [0.1, 0.15) is 16.2 Å². The molecule has 0 aliphatic carbocycles. The highest BCUT2D eigenvalue weighted by Gasteiger charge is 2.11. The van der Waals surface area contributed by atoms with Gasteiger partial charge in [-0.05, 0) is 13.0 Å². The van der Waals surface area contributed by atoms with Crippen LogP contribution in [0, 0.1) is 6.92 Å². The van der Waals surface area contributed by atoms with Crippen molar-refractivity contribution in [1.82, 2.24) is 19.7 Å². The molecule has 0 atom stereocenters. The summed E-state index contributed by atoms with van der Waals surface area (Å²) in [5.41, 5.74) is 6.71. The minimum atomic E-state index is -1.11. The molecule has 82 valence electrons. The maximum Gasteiger partial charge on any atom is 0.354 e. The molecule has 2 aromatic rings. The zero-order chi connectivity index (χ0) is 11.7. The quantitative estimate of drug-likeness (QED) is 0.749. The summed E-state index contributed by atoms with van der Waals surface area (Å²) in [7, 11) is 0. The minimum absolute atomic E-state index is 0.0847. The van der Waals surface area contributed by atoms with Gasteiger partial charge in [-0.25, -0.2) is 19.4 Å². The van der Waals surface area contributed by atoms with E-state index in [0.717, 1.165) is 0 Å². The summed E-state index contributed by atoms with van der Waals surface area (Å²) in [5.74, 6) is -0.921. The van der Waals surface area contributed by atoms with E-state index in [-0.39, 0.29) is 11.6 Å². The van der Waals surface area contributed by atoms with E-state index in [2.05, 4.69) is 15.1 Å². The number of aromatic nitrogens is 4. The second-order valence-electron chi connectivity index (χ2n) is 3.14. The van der Waals surface area contributed by atoms with Crippen molar-refractivity contribution in [1.29, 1.82) is 0 Å². The van der Waals surface area contributed by atoms with Gasteiger partial charge in [0.1, 0.15) is 0 Å². The molecular weight excluding hydrogens is 210 g/mol. The topological polar surface area (TPSA) is 107 Å². The van der Waals surface area contributed by atoms with E-state index in [9.17, 15) is 4.79 Å². The number of nitrogens with zero attached hydrogens (tertiary/aromatic N) is 4. The molecule has 0 amide bonds. The Morgan fingerprint density at radius 2 is 2.31 bits per heavy atom. The van der Waals surface area contributed by atoms with Crippen molar-refractivity contribution < 1.29 is 9.90 Å². The molecule has 0 saturated carbocycles. The van der Waals surface area contributed by atoms with Crippen molar-refractivity contribution in [3.63, 3.8) is 0 Å². The summed E-state index contributed by atoms with van der Waals surface area (Å²) in [6.45, 7) is 1.75. The predicted molar refractivity (Wildman–Crippen MR) is 55.3 cm³/mol. The molecule has 0 fully saturated rings. The summed E-state index contributed by atoms with van der Waals surface area (Å²) >= 11 is 0. The van der Waals surface area contributed by atoms with Crippen LogP contribution in [0.5, 0.6) is 0 Å². The molecule has 2 aromatic heterocycles. The van der Waals surface area contributed by atoms with Gasteiger partial charge < -0.3 is 10.8 Å². The second-order valence-corrected chi connectivity index (χ2v) is 3.14. The molecule has 0 spiro atoms. The zero-order valence-corrected chi connectivity index (χ0v) is 8.45. The summed E-state index contributed by atoms with van der Waals surface area (Å²) in [6, 6.07) is 1.31. The molecule has 0 aromatic carbocycles. The third-order valence-corrected chi connectivity index (χ3v) is 2.10. The number of nitrogen functional groups attached to an aromatic ring is 1. The maximum absolute atomic E-state index is 10.7. The molecule has 2 rings (SSSR count). The lowest BCUT2D eigenvalue weighted by Gasteiger charge is -2.02. The molecule has 16 heavy (non-hydrogen) atoms. The Kier molecular flexibility index (Phi) is 2.28. The Balaban J connectivity index is 2.52. The third kappa shape index (κ3) is 1.58. The molecule has 7 heteroatoms. The summed E-state index contributed by atoms with van der Waals surface area (Å²) in [6.07, 6.45) is 2.83. The van der Waals surface area contributed by atoms with Crippen LogP contribution in [0.3, 0.4) is 0 Å². The van der Waals surface area contributed by atoms with Crippen LogP contribution >= 0.6 is 0 Å². The molecule has 0 unspecified atom stereocenters. The molecule has 7 nitrogen and oxygen atoms in total. The molecule has 0 aliphatic heterocycles. The predicted octanol–water partition coefficient (Wildman–Crippen LogP) is 0.251. The van der Waals surface area contributed by atoms with Crippen LogP contribution in [0.25, 0.3) is 5.95 Å². The van der Waals surface area contributed by atoms with Crippen molar-refractivity contribution in [3.05, 3.63) is 29.8 Å². The molecule has 3 N–H and O–H groups in total. The average Bonchev–Trinajstić information content (AvgIpc) is 2.60. The lowest BCUT2D eigenvalue weighted by atomic mass is 10.4. The fourth-order valence-corrected chi connectivity index (χ4v) is 1.19. The van der Waals surface area contributed by atoms with Crippen LogP contribution in [0.4, 0.5) is 5.69 Å². The number of rotatable bonds is 2. The number of carbonyl (C=O) groups is 1. The summed E-state index contributed by atoms with van der Waals surface area (Å²) < 4.78 is 1.39. The van der Waals surface area contributed by atoms with Crippen molar-refractivity contribution in [2.45, 2.75) is 6.92 Å². The minimum Gasteiger partial charge on any atom is -0.477 e. The molecule has 0 radical (unpaired) electrons. The monoisotopic (exact) mass is 219 g/mol. The van der Waals surface area contributed by atoms with Gasteiger partial charge in [-0.3, -0.25) is 0 Å². The van der Waals surface area contributed by atoms with Gasteiger partial charge in [0.05, 0.1) is 17.6 Å². The molecule has 2 heterocycles. The van der Waals surface area contributed by atoms with E-state index in [0.29, 0.717) is 11.4 Å². The summed E-state index contributed by atoms with van der Waals surface area (Å²) in [4.78, 5) is 18.5. The van der Waals surface area contributed by atoms with Gasteiger partial charge in [-0.15, -0.1) is 0 Å². The second kappa shape index (κ2) is 3.61. The first-order chi connectivity index (χ1) is 7.59. The highest BCUT2D eigenvalue weighted by molar-refractivity contribution is 5.85. The largest absolute Gasteiger partial charge is 0.477 e. The van der Waals surface area contributed by atoms with Gasteiger partial charge in [0.2, 0.25) is 0 Å². The van der Waals surface area contributed by atoms with Crippen LogP contribution < -0.4 is 5.73 Å². The van der Waals surface area contributed by atoms with Crippen molar-refractivity contribution in [3.8, 4) is 5.95 Å². The number of aromatic carboxylic acids is 1. The highest BCUT2D eigenvalue weighted by atomic mass is 16.4. The zero-order valence-electron chi connectivity index (χ0n) is 8.45. The number of hydrogen-bond donors (Lipinski definition) is 2. The Morgan fingerprint density at radius 1 is 1.56 bits per heavy atom. The fourth-order valence-electron chi connectivity index (χ4n) is 1.19. The third-order valence-electron chi connectivity index (χ3n) is 2.10. The molecule has 0 bridgehead atoms. The van der Waals surface area contributed by atoms with E-state index in [1.807, 2.05) is 0 Å². The fraction of sp³-hybridized carbons (Fsp3) is 0.111. The van der Waals surface area contributed by atoms with E-state index >= 15 is 0 Å². The Bertz CT molecular complexity index is 549. The van der Waals surface area contributed by atoms with Crippen molar-refractivity contribution in [2.24, 2.45) is 0 Å². The molecular formula is C9H9N5O2. The SMILES string of the molecule is Cc1c(N)cnn1-c1nccc(C(=O)O)n1. The van der Waals surface area contributed by atoms with E-state index in [1.54, 1.807) is 6.92 Å². The van der Waals surface area contributed by atoms with Gasteiger partial charge >= 0.3 is 5.97 Å². The lowest BCUT2D eigenvalue weighted by Crippen LogP contribution is -2.09. The number of nitrogens with two attached hydrogens (primary N) is 1. The first-order valence-corrected chi connectivity index (χ1v) is 4.46. The average molecular weight is 219 g/mol. The Morgan fingerprint density at radius 3 is 2.88 bits per heavy atom. The van der Waals surface area contributed by atoms with Crippen LogP contribution in [0.2, 0.25) is 0 Å². The van der Waals surface area contributed by atoms with Crippen LogP contribution in [-0.2, 0) is 0 Å². The number of carboxylic acids is 1. The van der Waals surface area contributed by atoms with E-state index < -0.39 is 5.97 Å². The Labute approximate surface area is 90.6 Å². The maximum atomic E-state index is 10.7. The van der Waals surface area contributed by atoms with Crippen molar-refractivity contribution in [2.75, 3.05) is 5.73 Å². The first kappa shape index (κ1) is 10.1. The van der Waals surface area contributed by atoms with Gasteiger partial charge in [0, 0.05) is 6.20 Å². The van der Waals surface area contributed by atoms with E-state index in [1.165, 1.54) is 23.1 Å². The smallest absolute Gasteiger partial charge is 0.354 e.